The summed E-state index contributed by atoms with van der Waals surface area (Å²) in [7, 11) is 0. The van der Waals surface area contributed by atoms with Gasteiger partial charge in [-0.3, -0.25) is 14.9 Å². The van der Waals surface area contributed by atoms with Crippen LogP contribution in [0.4, 0.5) is 5.13 Å². The molecule has 0 bridgehead atoms. The summed E-state index contributed by atoms with van der Waals surface area (Å²) in [5, 5.41) is 14.6. The first kappa shape index (κ1) is 17.6. The zero-order chi connectivity index (χ0) is 15.9. The molecule has 0 saturated carbocycles. The van der Waals surface area contributed by atoms with E-state index in [2.05, 4.69) is 27.8 Å². The Morgan fingerprint density at radius 3 is 2.52 bits per heavy atom. The van der Waals surface area contributed by atoms with Gasteiger partial charge in [0.2, 0.25) is 16.9 Å². The van der Waals surface area contributed by atoms with Gasteiger partial charge < -0.3 is 5.32 Å². The lowest BCUT2D eigenvalue weighted by atomic mass is 9.96. The Morgan fingerprint density at radius 2 is 1.90 bits per heavy atom. The highest BCUT2D eigenvalue weighted by molar-refractivity contribution is 7.15. The number of nitrogens with zero attached hydrogens (tertiary/aromatic N) is 2. The van der Waals surface area contributed by atoms with Crippen molar-refractivity contribution in [1.82, 2.24) is 15.5 Å². The lowest BCUT2D eigenvalue weighted by Gasteiger charge is -2.16. The van der Waals surface area contributed by atoms with E-state index in [-0.39, 0.29) is 18.4 Å². The minimum Gasteiger partial charge on any atom is -0.347 e. The van der Waals surface area contributed by atoms with Crippen molar-refractivity contribution in [1.29, 1.82) is 0 Å². The molecule has 1 aromatic rings. The van der Waals surface area contributed by atoms with Crippen molar-refractivity contribution in [3.63, 3.8) is 0 Å². The van der Waals surface area contributed by atoms with Gasteiger partial charge in [-0.2, -0.15) is 0 Å². The molecule has 6 nitrogen and oxygen atoms in total. The molecule has 2 amide bonds. The second-order valence-corrected chi connectivity index (χ2v) is 7.00. The molecule has 2 N–H and O–H groups in total. The molecule has 0 unspecified atom stereocenters. The van der Waals surface area contributed by atoms with Crippen molar-refractivity contribution in [3.05, 3.63) is 5.01 Å². The van der Waals surface area contributed by atoms with Crippen molar-refractivity contribution in [2.45, 2.75) is 53.4 Å². The van der Waals surface area contributed by atoms with Crippen LogP contribution in [0.15, 0.2) is 0 Å². The van der Waals surface area contributed by atoms with Crippen LogP contribution in [0.1, 0.15) is 52.0 Å². The first-order valence-corrected chi connectivity index (χ1v) is 8.05. The second kappa shape index (κ2) is 8.07. The van der Waals surface area contributed by atoms with E-state index >= 15 is 0 Å². The highest BCUT2D eigenvalue weighted by atomic mass is 32.1. The van der Waals surface area contributed by atoms with Crippen molar-refractivity contribution in [2.75, 3.05) is 11.9 Å². The Bertz CT molecular complexity index is 480. The molecule has 0 radical (unpaired) electrons. The normalized spacial score (nSPS) is 11.2. The van der Waals surface area contributed by atoms with Crippen molar-refractivity contribution in [2.24, 2.45) is 5.41 Å². The van der Waals surface area contributed by atoms with E-state index in [0.29, 0.717) is 5.13 Å². The van der Waals surface area contributed by atoms with Gasteiger partial charge in [-0.05, 0) is 6.42 Å². The molecule has 1 rings (SSSR count). The highest BCUT2D eigenvalue weighted by Crippen LogP contribution is 2.17. The molecule has 0 aliphatic heterocycles. The van der Waals surface area contributed by atoms with Crippen LogP contribution >= 0.6 is 11.3 Å². The molecule has 0 fully saturated rings. The quantitative estimate of drug-likeness (QED) is 0.757. The fourth-order valence-corrected chi connectivity index (χ4v) is 2.32. The maximum Gasteiger partial charge on any atom is 0.245 e. The standard InChI is InChI=1S/C14H24N4O2S/c1-5-6-7-8-11-17-18-13(21-11)16-10(19)9-15-12(20)14(2,3)4/h5-9H2,1-4H3,(H,15,20)(H,16,18,19). The molecule has 21 heavy (non-hydrogen) atoms. The average Bonchev–Trinajstić information content (AvgIpc) is 2.82. The number of nitrogens with one attached hydrogen (secondary N) is 2. The molecule has 7 heteroatoms. The van der Waals surface area contributed by atoms with Gasteiger partial charge in [0.25, 0.3) is 0 Å². The van der Waals surface area contributed by atoms with Gasteiger partial charge in [0.15, 0.2) is 0 Å². The summed E-state index contributed by atoms with van der Waals surface area (Å²) >= 11 is 1.38. The van der Waals surface area contributed by atoms with Gasteiger partial charge in [-0.15, -0.1) is 10.2 Å². The van der Waals surface area contributed by atoms with Crippen LogP contribution in [0.3, 0.4) is 0 Å². The summed E-state index contributed by atoms with van der Waals surface area (Å²) in [5.41, 5.74) is -0.504. The Labute approximate surface area is 129 Å². The molecule has 0 spiro atoms. The molecule has 1 aromatic heterocycles. The molecular weight excluding hydrogens is 288 g/mol. The lowest BCUT2D eigenvalue weighted by molar-refractivity contribution is -0.130. The van der Waals surface area contributed by atoms with Crippen LogP contribution in [0.5, 0.6) is 0 Å². The zero-order valence-electron chi connectivity index (χ0n) is 13.2. The average molecular weight is 312 g/mol. The topological polar surface area (TPSA) is 84.0 Å². The summed E-state index contributed by atoms with van der Waals surface area (Å²) in [6.07, 6.45) is 4.30. The number of aryl methyl sites for hydroxylation is 1. The minimum absolute atomic E-state index is 0.0547. The fourth-order valence-electron chi connectivity index (χ4n) is 1.52. The Kier molecular flexibility index (Phi) is 6.74. The molecule has 0 atom stereocenters. The third-order valence-corrected chi connectivity index (χ3v) is 3.70. The number of carbonyl (C=O) groups excluding carboxylic acids is 2. The molecule has 0 aliphatic carbocycles. The number of anilines is 1. The number of carbonyl (C=O) groups is 2. The maximum atomic E-state index is 11.7. The monoisotopic (exact) mass is 312 g/mol. The van der Waals surface area contributed by atoms with Crippen molar-refractivity contribution >= 4 is 28.3 Å². The van der Waals surface area contributed by atoms with Crippen molar-refractivity contribution < 1.29 is 9.59 Å². The van der Waals surface area contributed by atoms with E-state index in [4.69, 9.17) is 0 Å². The molecule has 0 aromatic carbocycles. The number of unbranched alkanes of at least 4 members (excludes halogenated alkanes) is 2. The highest BCUT2D eigenvalue weighted by Gasteiger charge is 2.21. The van der Waals surface area contributed by atoms with Crippen LogP contribution in [-0.4, -0.2) is 28.6 Å². The minimum atomic E-state index is -0.504. The second-order valence-electron chi connectivity index (χ2n) is 5.94. The molecule has 1 heterocycles. The number of rotatable bonds is 7. The zero-order valence-corrected chi connectivity index (χ0v) is 14.0. The van der Waals surface area contributed by atoms with Gasteiger partial charge in [-0.25, -0.2) is 0 Å². The molecule has 0 aliphatic rings. The van der Waals surface area contributed by atoms with Crippen LogP contribution in [0.2, 0.25) is 0 Å². The van der Waals surface area contributed by atoms with E-state index in [9.17, 15) is 9.59 Å². The van der Waals surface area contributed by atoms with Gasteiger partial charge in [0.05, 0.1) is 6.54 Å². The summed E-state index contributed by atoms with van der Waals surface area (Å²) in [6.45, 7) is 7.49. The van der Waals surface area contributed by atoms with Crippen molar-refractivity contribution in [3.8, 4) is 0 Å². The predicted molar refractivity (Wildman–Crippen MR) is 84.2 cm³/mol. The van der Waals surface area contributed by atoms with Crippen LogP contribution in [-0.2, 0) is 16.0 Å². The number of hydrogen-bond donors (Lipinski definition) is 2. The fraction of sp³-hybridized carbons (Fsp3) is 0.714. The van der Waals surface area contributed by atoms with Crippen LogP contribution in [0.25, 0.3) is 0 Å². The third-order valence-electron chi connectivity index (χ3n) is 2.80. The van der Waals surface area contributed by atoms with Crippen LogP contribution < -0.4 is 10.6 Å². The molecule has 118 valence electrons. The third kappa shape index (κ3) is 6.66. The summed E-state index contributed by atoms with van der Waals surface area (Å²) in [4.78, 5) is 23.4. The smallest absolute Gasteiger partial charge is 0.245 e. The predicted octanol–water partition coefficient (Wildman–Crippen LogP) is 2.37. The maximum absolute atomic E-state index is 11.7. The van der Waals surface area contributed by atoms with Gasteiger partial charge in [0, 0.05) is 11.8 Å². The first-order chi connectivity index (χ1) is 9.82. The molecular formula is C14H24N4O2S. The summed E-state index contributed by atoms with van der Waals surface area (Å²) < 4.78 is 0. The van der Waals surface area contributed by atoms with E-state index in [1.807, 2.05) is 0 Å². The van der Waals surface area contributed by atoms with Gasteiger partial charge >= 0.3 is 0 Å². The summed E-state index contributed by atoms with van der Waals surface area (Å²) in [5.74, 6) is -0.445. The SMILES string of the molecule is CCCCCc1nnc(NC(=O)CNC(=O)C(C)(C)C)s1. The van der Waals surface area contributed by atoms with E-state index < -0.39 is 5.41 Å². The van der Waals surface area contributed by atoms with Gasteiger partial charge in [-0.1, -0.05) is 51.9 Å². The number of amides is 2. The summed E-state index contributed by atoms with van der Waals surface area (Å²) in [6, 6.07) is 0. The lowest BCUT2D eigenvalue weighted by Crippen LogP contribution is -2.39. The largest absolute Gasteiger partial charge is 0.347 e. The molecule has 0 saturated heterocycles. The van der Waals surface area contributed by atoms with Crippen LogP contribution in [0, 0.1) is 5.41 Å². The number of aromatic nitrogens is 2. The number of hydrogen-bond acceptors (Lipinski definition) is 5. The Morgan fingerprint density at radius 1 is 1.19 bits per heavy atom. The van der Waals surface area contributed by atoms with E-state index in [0.717, 1.165) is 24.3 Å². The van der Waals surface area contributed by atoms with Gasteiger partial charge in [0.1, 0.15) is 5.01 Å². The Balaban J connectivity index is 2.36. The first-order valence-electron chi connectivity index (χ1n) is 7.23. The van der Waals surface area contributed by atoms with E-state index in [1.165, 1.54) is 17.8 Å². The Hall–Kier alpha value is -1.50. The van der Waals surface area contributed by atoms with E-state index in [1.54, 1.807) is 20.8 Å².